The summed E-state index contributed by atoms with van der Waals surface area (Å²) < 4.78 is 10.9. The van der Waals surface area contributed by atoms with E-state index in [1.165, 1.54) is 7.11 Å². The van der Waals surface area contributed by atoms with Crippen molar-refractivity contribution in [1.82, 2.24) is 0 Å². The summed E-state index contributed by atoms with van der Waals surface area (Å²) in [5.74, 6) is -0.127. The maximum Gasteiger partial charge on any atom is 0.162 e. The Labute approximate surface area is 102 Å². The lowest BCUT2D eigenvalue weighted by molar-refractivity contribution is -0.163. The highest BCUT2D eigenvalue weighted by atomic mass is 16.6. The van der Waals surface area contributed by atoms with E-state index in [1.807, 2.05) is 13.8 Å². The lowest BCUT2D eigenvalue weighted by Crippen LogP contribution is -2.58. The van der Waals surface area contributed by atoms with E-state index in [0.717, 1.165) is 0 Å². The fourth-order valence-corrected chi connectivity index (χ4v) is 2.98. The van der Waals surface area contributed by atoms with Crippen molar-refractivity contribution < 1.29 is 19.4 Å². The highest BCUT2D eigenvalue weighted by molar-refractivity contribution is 5.85. The minimum atomic E-state index is -0.951. The summed E-state index contributed by atoms with van der Waals surface area (Å²) in [7, 11) is 1.54. The molecule has 4 atom stereocenters. The molecule has 2 aliphatic rings. The van der Waals surface area contributed by atoms with E-state index < -0.39 is 11.7 Å². The topological polar surface area (TPSA) is 59.1 Å². The van der Waals surface area contributed by atoms with E-state index in [1.54, 1.807) is 6.92 Å². The standard InChI is InChI=1S/C13H22O4/c1-8(2)12(3,15)11-10(16-4)9(14)5-6-13(11)7-17-13/h8,10-11,15H,5-7H2,1-4H3/t10-,11-,12+,13+/m1/s1. The van der Waals surface area contributed by atoms with Crippen LogP contribution >= 0.6 is 0 Å². The molecule has 0 aromatic rings. The zero-order valence-corrected chi connectivity index (χ0v) is 11.0. The largest absolute Gasteiger partial charge is 0.389 e. The maximum absolute atomic E-state index is 11.9. The van der Waals surface area contributed by atoms with Gasteiger partial charge in [0.1, 0.15) is 11.7 Å². The molecule has 0 aromatic carbocycles. The first-order valence-electron chi connectivity index (χ1n) is 6.27. The fraction of sp³-hybridized carbons (Fsp3) is 0.923. The van der Waals surface area contributed by atoms with Gasteiger partial charge < -0.3 is 14.6 Å². The summed E-state index contributed by atoms with van der Waals surface area (Å²) in [6.45, 7) is 6.34. The predicted octanol–water partition coefficient (Wildman–Crippen LogP) is 1.16. The smallest absolute Gasteiger partial charge is 0.162 e. The number of methoxy groups -OCH3 is 1. The van der Waals surface area contributed by atoms with Gasteiger partial charge in [-0.2, -0.15) is 0 Å². The van der Waals surface area contributed by atoms with Gasteiger partial charge in [-0.15, -0.1) is 0 Å². The van der Waals surface area contributed by atoms with Gasteiger partial charge in [0.15, 0.2) is 5.78 Å². The Bertz CT molecular complexity index is 317. The lowest BCUT2D eigenvalue weighted by Gasteiger charge is -2.45. The van der Waals surface area contributed by atoms with Crippen LogP contribution in [0.15, 0.2) is 0 Å². The van der Waals surface area contributed by atoms with E-state index in [-0.39, 0.29) is 23.2 Å². The van der Waals surface area contributed by atoms with Crippen molar-refractivity contribution in [1.29, 1.82) is 0 Å². The molecule has 2 fully saturated rings. The number of hydrogen-bond donors (Lipinski definition) is 1. The molecular weight excluding hydrogens is 220 g/mol. The van der Waals surface area contributed by atoms with Gasteiger partial charge in [-0.3, -0.25) is 4.79 Å². The maximum atomic E-state index is 11.9. The molecule has 4 nitrogen and oxygen atoms in total. The Morgan fingerprint density at radius 2 is 2.18 bits per heavy atom. The Morgan fingerprint density at radius 1 is 1.59 bits per heavy atom. The SMILES string of the molecule is CO[C@@H]1C(=O)CC[C@]2(CO2)[C@H]1[C@@](C)(O)C(C)C. The average Bonchev–Trinajstić information content (AvgIpc) is 3.01. The monoisotopic (exact) mass is 242 g/mol. The van der Waals surface area contributed by atoms with Crippen LogP contribution in [0.1, 0.15) is 33.6 Å². The summed E-state index contributed by atoms with van der Waals surface area (Å²) in [4.78, 5) is 11.9. The molecule has 0 unspecified atom stereocenters. The molecule has 4 heteroatoms. The van der Waals surface area contributed by atoms with Crippen molar-refractivity contribution >= 4 is 5.78 Å². The number of carbonyl (C=O) groups excluding carboxylic acids is 1. The van der Waals surface area contributed by atoms with E-state index in [9.17, 15) is 9.90 Å². The first-order valence-corrected chi connectivity index (χ1v) is 6.27. The van der Waals surface area contributed by atoms with Gasteiger partial charge in [0, 0.05) is 13.5 Å². The predicted molar refractivity (Wildman–Crippen MR) is 62.7 cm³/mol. The number of ketones is 1. The number of hydrogen-bond acceptors (Lipinski definition) is 4. The molecular formula is C13H22O4. The highest BCUT2D eigenvalue weighted by Crippen LogP contribution is 2.51. The minimum absolute atomic E-state index is 0.0529. The van der Waals surface area contributed by atoms with E-state index in [4.69, 9.17) is 9.47 Å². The molecule has 1 aliphatic carbocycles. The molecule has 98 valence electrons. The Morgan fingerprint density at radius 3 is 2.59 bits per heavy atom. The molecule has 1 spiro atoms. The van der Waals surface area contributed by atoms with Crippen molar-refractivity contribution in [2.24, 2.45) is 11.8 Å². The van der Waals surface area contributed by atoms with Crippen LogP contribution in [0.5, 0.6) is 0 Å². The van der Waals surface area contributed by atoms with Crippen LogP contribution in [0.3, 0.4) is 0 Å². The number of rotatable bonds is 3. The number of carbonyl (C=O) groups is 1. The normalized spacial score (nSPS) is 40.7. The molecule has 1 saturated carbocycles. The second-order valence-electron chi connectivity index (χ2n) is 5.83. The Kier molecular flexibility index (Phi) is 3.09. The number of ether oxygens (including phenoxy) is 2. The van der Waals surface area contributed by atoms with Gasteiger partial charge >= 0.3 is 0 Å². The molecule has 1 N–H and O–H groups in total. The van der Waals surface area contributed by atoms with Gasteiger partial charge in [0.05, 0.1) is 18.1 Å². The molecule has 2 rings (SSSR count). The number of Topliss-reactive ketones (excluding diaryl/α,β-unsaturated/α-hetero) is 1. The molecule has 1 heterocycles. The molecule has 0 aromatic heterocycles. The van der Waals surface area contributed by atoms with Crippen molar-refractivity contribution in [3.63, 3.8) is 0 Å². The molecule has 0 radical (unpaired) electrons. The van der Waals surface area contributed by atoms with Crippen LogP contribution in [0.2, 0.25) is 0 Å². The van der Waals surface area contributed by atoms with Gasteiger partial charge in [-0.1, -0.05) is 13.8 Å². The minimum Gasteiger partial charge on any atom is -0.389 e. The third-order valence-corrected chi connectivity index (χ3v) is 4.55. The third kappa shape index (κ3) is 1.92. The number of aliphatic hydroxyl groups is 1. The Hall–Kier alpha value is -0.450. The quantitative estimate of drug-likeness (QED) is 0.754. The van der Waals surface area contributed by atoms with Crippen molar-refractivity contribution in [2.45, 2.75) is 50.9 Å². The molecule has 0 amide bonds. The summed E-state index contributed by atoms with van der Waals surface area (Å²) in [5, 5.41) is 10.7. The first-order chi connectivity index (χ1) is 7.85. The van der Waals surface area contributed by atoms with Crippen molar-refractivity contribution in [3.05, 3.63) is 0 Å². The van der Waals surface area contributed by atoms with Gasteiger partial charge in [-0.25, -0.2) is 0 Å². The first kappa shape index (κ1) is 13.0. The summed E-state index contributed by atoms with van der Waals surface area (Å²) in [6.07, 6.45) is 0.659. The van der Waals surface area contributed by atoms with Crippen LogP contribution in [0, 0.1) is 11.8 Å². The van der Waals surface area contributed by atoms with E-state index in [0.29, 0.717) is 19.4 Å². The average molecular weight is 242 g/mol. The second kappa shape index (κ2) is 4.04. The summed E-state index contributed by atoms with van der Waals surface area (Å²) in [6, 6.07) is 0. The summed E-state index contributed by atoms with van der Waals surface area (Å²) >= 11 is 0. The van der Waals surface area contributed by atoms with Gasteiger partial charge in [0.25, 0.3) is 0 Å². The van der Waals surface area contributed by atoms with Crippen molar-refractivity contribution in [3.8, 4) is 0 Å². The van der Waals surface area contributed by atoms with Crippen LogP contribution in [-0.4, -0.2) is 41.9 Å². The van der Waals surface area contributed by atoms with E-state index in [2.05, 4.69) is 0 Å². The highest BCUT2D eigenvalue weighted by Gasteiger charge is 2.64. The van der Waals surface area contributed by atoms with Crippen LogP contribution in [0.25, 0.3) is 0 Å². The molecule has 0 bridgehead atoms. The summed E-state index contributed by atoms with van der Waals surface area (Å²) in [5.41, 5.74) is -1.28. The molecule has 1 saturated heterocycles. The zero-order valence-electron chi connectivity index (χ0n) is 11.0. The lowest BCUT2D eigenvalue weighted by atomic mass is 9.65. The van der Waals surface area contributed by atoms with Gasteiger partial charge in [-0.05, 0) is 19.3 Å². The van der Waals surface area contributed by atoms with Crippen LogP contribution in [0.4, 0.5) is 0 Å². The third-order valence-electron chi connectivity index (χ3n) is 4.55. The Balaban J connectivity index is 2.34. The van der Waals surface area contributed by atoms with E-state index >= 15 is 0 Å². The van der Waals surface area contributed by atoms with Crippen LogP contribution in [-0.2, 0) is 14.3 Å². The second-order valence-corrected chi connectivity index (χ2v) is 5.83. The fourth-order valence-electron chi connectivity index (χ4n) is 2.98. The molecule has 17 heavy (non-hydrogen) atoms. The number of epoxide rings is 1. The molecule has 1 aliphatic heterocycles. The van der Waals surface area contributed by atoms with Crippen molar-refractivity contribution in [2.75, 3.05) is 13.7 Å². The zero-order chi connectivity index (χ0) is 12.8. The van der Waals surface area contributed by atoms with Gasteiger partial charge in [0.2, 0.25) is 0 Å². The van der Waals surface area contributed by atoms with Crippen LogP contribution < -0.4 is 0 Å².